The molecule has 2 fully saturated rings. The molecule has 3 rings (SSSR count). The molecule has 2 aliphatic rings. The maximum Gasteiger partial charge on any atom is 0.191 e. The first kappa shape index (κ1) is 25.7. The van der Waals surface area contributed by atoms with Gasteiger partial charge >= 0.3 is 0 Å². The van der Waals surface area contributed by atoms with Crippen LogP contribution < -0.4 is 10.6 Å². The third kappa shape index (κ3) is 6.26. The van der Waals surface area contributed by atoms with Crippen LogP contribution in [0.4, 0.5) is 0 Å². The van der Waals surface area contributed by atoms with Gasteiger partial charge in [-0.15, -0.1) is 24.0 Å². The van der Waals surface area contributed by atoms with Crippen LogP contribution in [0.2, 0.25) is 0 Å². The van der Waals surface area contributed by atoms with Crippen LogP contribution in [0.3, 0.4) is 0 Å². The first-order valence-corrected chi connectivity index (χ1v) is 12.0. The lowest BCUT2D eigenvalue weighted by Crippen LogP contribution is -2.56. The quantitative estimate of drug-likeness (QED) is 0.309. The number of nitrogens with one attached hydrogen (secondary N) is 2. The van der Waals surface area contributed by atoms with Gasteiger partial charge in [0.2, 0.25) is 0 Å². The van der Waals surface area contributed by atoms with Crippen molar-refractivity contribution in [1.82, 2.24) is 25.3 Å². The first-order valence-electron chi connectivity index (χ1n) is 10.9. The molecule has 1 aromatic heterocycles. The number of aromatic nitrogens is 2. The van der Waals surface area contributed by atoms with Gasteiger partial charge in [-0.25, -0.2) is 0 Å². The number of hydrogen-bond acceptors (Lipinski definition) is 5. The fourth-order valence-corrected chi connectivity index (χ4v) is 5.82. The van der Waals surface area contributed by atoms with Crippen molar-refractivity contribution in [3.8, 4) is 0 Å². The molecule has 0 aliphatic carbocycles. The highest BCUT2D eigenvalue weighted by atomic mass is 127. The highest BCUT2D eigenvalue weighted by molar-refractivity contribution is 14.0. The Bertz CT molecular complexity index is 698. The summed E-state index contributed by atoms with van der Waals surface area (Å²) in [5.74, 6) is 3.32. The van der Waals surface area contributed by atoms with Gasteiger partial charge in [-0.2, -0.15) is 16.9 Å². The van der Waals surface area contributed by atoms with E-state index in [1.165, 1.54) is 29.2 Å². The van der Waals surface area contributed by atoms with E-state index in [0.717, 1.165) is 57.5 Å². The van der Waals surface area contributed by atoms with Gasteiger partial charge in [-0.3, -0.25) is 14.6 Å². The number of morpholine rings is 1. The van der Waals surface area contributed by atoms with Crippen LogP contribution in [0, 0.1) is 13.8 Å². The number of aliphatic imine (C=N–C) groups is 1. The second-order valence-electron chi connectivity index (χ2n) is 8.34. The molecule has 1 aromatic rings. The van der Waals surface area contributed by atoms with E-state index in [1.54, 1.807) is 0 Å². The molecule has 0 spiro atoms. The molecule has 0 saturated carbocycles. The van der Waals surface area contributed by atoms with Gasteiger partial charge < -0.3 is 15.4 Å². The van der Waals surface area contributed by atoms with Crippen molar-refractivity contribution in [2.75, 3.05) is 50.9 Å². The van der Waals surface area contributed by atoms with Crippen molar-refractivity contribution in [1.29, 1.82) is 0 Å². The summed E-state index contributed by atoms with van der Waals surface area (Å²) in [6.45, 7) is 14.0. The number of guanidine groups is 1. The van der Waals surface area contributed by atoms with E-state index in [1.807, 2.05) is 11.7 Å². The lowest BCUT2D eigenvalue weighted by molar-refractivity contribution is -0.0104. The van der Waals surface area contributed by atoms with Gasteiger partial charge in [0.05, 0.1) is 31.0 Å². The largest absolute Gasteiger partial charge is 0.379 e. The summed E-state index contributed by atoms with van der Waals surface area (Å²) < 4.78 is 7.56. The minimum absolute atomic E-state index is 0. The van der Waals surface area contributed by atoms with Crippen LogP contribution in [0.25, 0.3) is 0 Å². The van der Waals surface area contributed by atoms with E-state index < -0.39 is 0 Å². The summed E-state index contributed by atoms with van der Waals surface area (Å²) in [7, 11) is 2.01. The Hall–Kier alpha value is -0.520. The molecule has 2 unspecified atom stereocenters. The number of ether oxygens (including phenoxy) is 1. The molecule has 2 aliphatic heterocycles. The van der Waals surface area contributed by atoms with Crippen molar-refractivity contribution in [2.24, 2.45) is 12.0 Å². The summed E-state index contributed by atoms with van der Waals surface area (Å²) in [4.78, 5) is 7.67. The molecule has 0 bridgehead atoms. The summed E-state index contributed by atoms with van der Waals surface area (Å²) in [5.41, 5.74) is 3.87. The molecule has 172 valence electrons. The Morgan fingerprint density at radius 1 is 1.33 bits per heavy atom. The molecule has 0 aromatic carbocycles. The van der Waals surface area contributed by atoms with Crippen molar-refractivity contribution in [3.05, 3.63) is 17.0 Å². The van der Waals surface area contributed by atoms with E-state index in [-0.39, 0.29) is 35.6 Å². The number of nitrogens with zero attached hydrogens (tertiary/aromatic N) is 4. The van der Waals surface area contributed by atoms with E-state index in [2.05, 4.69) is 60.1 Å². The molecule has 2 N–H and O–H groups in total. The minimum atomic E-state index is 0. The van der Waals surface area contributed by atoms with Crippen LogP contribution in [0.15, 0.2) is 4.99 Å². The average Bonchev–Trinajstić information content (AvgIpc) is 3.28. The number of thioether (sulfide) groups is 1. The van der Waals surface area contributed by atoms with E-state index in [9.17, 15) is 0 Å². The van der Waals surface area contributed by atoms with Crippen LogP contribution >= 0.6 is 35.7 Å². The SMILES string of the molecule is CCNC(=NCC1(N2CCOCC2)CCSC1)NC(C)Cc1c(C)nn(C)c1C.I. The van der Waals surface area contributed by atoms with Crippen LogP contribution in [0.1, 0.15) is 37.2 Å². The Balaban J connectivity index is 0.00000320. The van der Waals surface area contributed by atoms with Gasteiger partial charge in [-0.05, 0) is 51.9 Å². The Labute approximate surface area is 203 Å². The third-order valence-electron chi connectivity index (χ3n) is 6.19. The van der Waals surface area contributed by atoms with Crippen molar-refractivity contribution < 1.29 is 4.74 Å². The normalized spacial score (nSPS) is 23.8. The topological polar surface area (TPSA) is 66.7 Å². The maximum absolute atomic E-state index is 5.58. The molecule has 0 amide bonds. The molecular weight excluding hydrogens is 511 g/mol. The number of rotatable bonds is 7. The molecule has 9 heteroatoms. The second-order valence-corrected chi connectivity index (χ2v) is 9.45. The summed E-state index contributed by atoms with van der Waals surface area (Å²) in [6.07, 6.45) is 2.16. The van der Waals surface area contributed by atoms with Gasteiger partial charge in [0.1, 0.15) is 0 Å². The molecular formula is C21H39IN6OS. The molecule has 7 nitrogen and oxygen atoms in total. The van der Waals surface area contributed by atoms with Crippen molar-refractivity contribution >= 4 is 41.7 Å². The Morgan fingerprint density at radius 3 is 2.63 bits per heavy atom. The summed E-state index contributed by atoms with van der Waals surface area (Å²) in [6, 6.07) is 0.284. The standard InChI is InChI=1S/C21H38N6OS.HI/c1-6-22-20(24-16(2)13-19-17(3)25-26(5)18(19)4)23-14-21(7-12-29-15-21)27-8-10-28-11-9-27;/h16H,6-15H2,1-5H3,(H2,22,23,24);1H. The van der Waals surface area contributed by atoms with Crippen molar-refractivity contribution in [3.63, 3.8) is 0 Å². The van der Waals surface area contributed by atoms with Gasteiger partial charge in [0.15, 0.2) is 5.96 Å². The summed E-state index contributed by atoms with van der Waals surface area (Å²) >= 11 is 2.06. The Kier molecular flexibility index (Phi) is 10.2. The lowest BCUT2D eigenvalue weighted by atomic mass is 9.96. The van der Waals surface area contributed by atoms with E-state index in [0.29, 0.717) is 0 Å². The fourth-order valence-electron chi connectivity index (χ4n) is 4.36. The molecule has 3 heterocycles. The second kappa shape index (κ2) is 11.9. The number of halogens is 1. The summed E-state index contributed by atoms with van der Waals surface area (Å²) in [5, 5.41) is 11.6. The van der Waals surface area contributed by atoms with Crippen LogP contribution in [-0.4, -0.2) is 83.1 Å². The van der Waals surface area contributed by atoms with E-state index in [4.69, 9.17) is 9.73 Å². The zero-order valence-electron chi connectivity index (χ0n) is 19.2. The van der Waals surface area contributed by atoms with Crippen LogP contribution in [0.5, 0.6) is 0 Å². The average molecular weight is 551 g/mol. The smallest absolute Gasteiger partial charge is 0.191 e. The van der Waals surface area contributed by atoms with Gasteiger partial charge in [-0.1, -0.05) is 0 Å². The monoisotopic (exact) mass is 550 g/mol. The molecule has 2 atom stereocenters. The minimum Gasteiger partial charge on any atom is -0.379 e. The lowest BCUT2D eigenvalue weighted by Gasteiger charge is -2.42. The fraction of sp³-hybridized carbons (Fsp3) is 0.810. The first-order chi connectivity index (χ1) is 13.9. The Morgan fingerprint density at radius 2 is 2.07 bits per heavy atom. The number of hydrogen-bond donors (Lipinski definition) is 2. The zero-order chi connectivity index (χ0) is 20.9. The molecule has 30 heavy (non-hydrogen) atoms. The predicted molar refractivity (Wildman–Crippen MR) is 137 cm³/mol. The van der Waals surface area contributed by atoms with Gasteiger partial charge in [0, 0.05) is 44.2 Å². The van der Waals surface area contributed by atoms with Crippen LogP contribution in [-0.2, 0) is 18.2 Å². The van der Waals surface area contributed by atoms with Crippen molar-refractivity contribution in [2.45, 2.75) is 52.1 Å². The molecule has 2 saturated heterocycles. The maximum atomic E-state index is 5.58. The van der Waals surface area contributed by atoms with Gasteiger partial charge in [0.25, 0.3) is 0 Å². The highest BCUT2D eigenvalue weighted by Crippen LogP contribution is 2.34. The zero-order valence-corrected chi connectivity index (χ0v) is 22.3. The highest BCUT2D eigenvalue weighted by Gasteiger charge is 2.40. The predicted octanol–water partition coefficient (Wildman–Crippen LogP) is 2.35. The third-order valence-corrected chi connectivity index (χ3v) is 7.43. The van der Waals surface area contributed by atoms with E-state index >= 15 is 0 Å². The number of aryl methyl sites for hydroxylation is 2. The molecule has 0 radical (unpaired) electrons.